The van der Waals surface area contributed by atoms with Crippen molar-refractivity contribution in [2.24, 2.45) is 0 Å². The van der Waals surface area contributed by atoms with Gasteiger partial charge in [-0.1, -0.05) is 17.7 Å². The molecule has 0 saturated carbocycles. The quantitative estimate of drug-likeness (QED) is 0.732. The van der Waals surface area contributed by atoms with Crippen LogP contribution >= 0.6 is 11.6 Å². The van der Waals surface area contributed by atoms with Gasteiger partial charge >= 0.3 is 6.03 Å². The maximum Gasteiger partial charge on any atom is 0.319 e. The van der Waals surface area contributed by atoms with Gasteiger partial charge in [0.2, 0.25) is 0 Å². The van der Waals surface area contributed by atoms with E-state index in [9.17, 15) is 4.79 Å². The molecule has 0 atom stereocenters. The molecule has 128 valence electrons. The Kier molecular flexibility index (Phi) is 6.75. The van der Waals surface area contributed by atoms with Gasteiger partial charge in [-0.3, -0.25) is 0 Å². The normalized spacial score (nSPS) is 10.3. The van der Waals surface area contributed by atoms with Gasteiger partial charge in [-0.15, -0.1) is 0 Å². The molecule has 0 radical (unpaired) electrons. The van der Waals surface area contributed by atoms with Gasteiger partial charge in [0.1, 0.15) is 18.1 Å². The summed E-state index contributed by atoms with van der Waals surface area (Å²) in [5.74, 6) is 1.44. The Morgan fingerprint density at radius 3 is 2.54 bits per heavy atom. The van der Waals surface area contributed by atoms with Gasteiger partial charge in [0.05, 0.1) is 12.6 Å². The highest BCUT2D eigenvalue weighted by atomic mass is 35.5. The maximum absolute atomic E-state index is 11.8. The van der Waals surface area contributed by atoms with Crippen molar-refractivity contribution in [3.05, 3.63) is 53.6 Å². The predicted molar refractivity (Wildman–Crippen MR) is 96.2 cm³/mol. The lowest BCUT2D eigenvalue weighted by molar-refractivity contribution is 0.242. The Morgan fingerprint density at radius 2 is 1.88 bits per heavy atom. The number of nitrogens with one attached hydrogen (secondary N) is 2. The number of benzene rings is 2. The molecule has 2 rings (SSSR count). The van der Waals surface area contributed by atoms with Crippen molar-refractivity contribution in [3.8, 4) is 11.5 Å². The molecular formula is C18H21ClN2O3. The Bertz CT molecular complexity index is 660. The van der Waals surface area contributed by atoms with Crippen molar-refractivity contribution in [2.75, 3.05) is 18.5 Å². The number of hydrogen-bond acceptors (Lipinski definition) is 3. The largest absolute Gasteiger partial charge is 0.492 e. The molecular weight excluding hydrogens is 328 g/mol. The van der Waals surface area contributed by atoms with Gasteiger partial charge in [-0.05, 0) is 56.3 Å². The molecule has 0 aliphatic rings. The fourth-order valence-corrected chi connectivity index (χ4v) is 2.13. The molecule has 0 aliphatic carbocycles. The van der Waals surface area contributed by atoms with Crippen LogP contribution in [0.4, 0.5) is 10.5 Å². The standard InChI is InChI=1S/C18H21ClN2O3/c1-13(2)24-16-8-6-15(7-9-16)21-18(22)20-10-11-23-17-5-3-4-14(19)12-17/h3-9,12-13H,10-11H2,1-2H3,(H2,20,21,22). The second kappa shape index (κ2) is 9.03. The van der Waals surface area contributed by atoms with E-state index in [2.05, 4.69) is 10.6 Å². The van der Waals surface area contributed by atoms with E-state index in [0.29, 0.717) is 29.6 Å². The summed E-state index contributed by atoms with van der Waals surface area (Å²) < 4.78 is 11.0. The van der Waals surface area contributed by atoms with Crippen LogP contribution in [-0.4, -0.2) is 25.3 Å². The van der Waals surface area contributed by atoms with E-state index >= 15 is 0 Å². The van der Waals surface area contributed by atoms with Gasteiger partial charge in [0, 0.05) is 10.7 Å². The number of carbonyl (C=O) groups is 1. The molecule has 6 heteroatoms. The second-order valence-corrected chi connectivity index (χ2v) is 5.81. The summed E-state index contributed by atoms with van der Waals surface area (Å²) in [7, 11) is 0. The first-order valence-electron chi connectivity index (χ1n) is 7.73. The average Bonchev–Trinajstić information content (AvgIpc) is 2.53. The molecule has 0 spiro atoms. The second-order valence-electron chi connectivity index (χ2n) is 5.38. The first-order valence-corrected chi connectivity index (χ1v) is 8.10. The van der Waals surface area contributed by atoms with E-state index in [-0.39, 0.29) is 12.1 Å². The van der Waals surface area contributed by atoms with Crippen molar-refractivity contribution < 1.29 is 14.3 Å². The van der Waals surface area contributed by atoms with E-state index in [1.165, 1.54) is 0 Å². The Labute approximate surface area is 146 Å². The number of hydrogen-bond donors (Lipinski definition) is 2. The van der Waals surface area contributed by atoms with Gasteiger partial charge in [0.25, 0.3) is 0 Å². The highest BCUT2D eigenvalue weighted by molar-refractivity contribution is 6.30. The number of rotatable bonds is 7. The third-order valence-electron chi connectivity index (χ3n) is 2.94. The Balaban J connectivity index is 1.69. The van der Waals surface area contributed by atoms with Crippen LogP contribution in [0.15, 0.2) is 48.5 Å². The number of carbonyl (C=O) groups excluding carboxylic acids is 1. The van der Waals surface area contributed by atoms with Crippen LogP contribution in [0.2, 0.25) is 5.02 Å². The minimum Gasteiger partial charge on any atom is -0.492 e. The summed E-state index contributed by atoms with van der Waals surface area (Å²) in [6.07, 6.45) is 0.117. The smallest absolute Gasteiger partial charge is 0.319 e. The first-order chi connectivity index (χ1) is 11.5. The molecule has 2 aromatic carbocycles. The number of anilines is 1. The van der Waals surface area contributed by atoms with Crippen molar-refractivity contribution in [1.29, 1.82) is 0 Å². The van der Waals surface area contributed by atoms with Crippen LogP contribution in [0.5, 0.6) is 11.5 Å². The molecule has 0 unspecified atom stereocenters. The lowest BCUT2D eigenvalue weighted by Crippen LogP contribution is -2.32. The number of amides is 2. The molecule has 0 bridgehead atoms. The van der Waals surface area contributed by atoms with E-state index < -0.39 is 0 Å². The molecule has 2 amide bonds. The third kappa shape index (κ3) is 6.38. The van der Waals surface area contributed by atoms with Crippen LogP contribution in [0.1, 0.15) is 13.8 Å². The van der Waals surface area contributed by atoms with Crippen molar-refractivity contribution >= 4 is 23.3 Å². The lowest BCUT2D eigenvalue weighted by Gasteiger charge is -2.11. The van der Waals surface area contributed by atoms with Gasteiger partial charge in [0.15, 0.2) is 0 Å². The Hall–Kier alpha value is -2.40. The summed E-state index contributed by atoms with van der Waals surface area (Å²) in [4.78, 5) is 11.8. The molecule has 5 nitrogen and oxygen atoms in total. The number of ether oxygens (including phenoxy) is 2. The molecule has 2 N–H and O–H groups in total. The summed E-state index contributed by atoms with van der Waals surface area (Å²) >= 11 is 5.87. The topological polar surface area (TPSA) is 59.6 Å². The SMILES string of the molecule is CC(C)Oc1ccc(NC(=O)NCCOc2cccc(Cl)c2)cc1. The summed E-state index contributed by atoms with van der Waals surface area (Å²) in [5.41, 5.74) is 0.694. The molecule has 0 fully saturated rings. The van der Waals surface area contributed by atoms with Crippen molar-refractivity contribution in [3.63, 3.8) is 0 Å². The van der Waals surface area contributed by atoms with E-state index in [4.69, 9.17) is 21.1 Å². The summed E-state index contributed by atoms with van der Waals surface area (Å²) in [6.45, 7) is 4.66. The summed E-state index contributed by atoms with van der Waals surface area (Å²) in [6, 6.07) is 14.1. The van der Waals surface area contributed by atoms with E-state index in [0.717, 1.165) is 5.75 Å². The highest BCUT2D eigenvalue weighted by Gasteiger charge is 2.03. The fourth-order valence-electron chi connectivity index (χ4n) is 1.95. The van der Waals surface area contributed by atoms with Crippen LogP contribution in [-0.2, 0) is 0 Å². The number of urea groups is 1. The fraction of sp³-hybridized carbons (Fsp3) is 0.278. The minimum absolute atomic E-state index is 0.117. The van der Waals surface area contributed by atoms with Gasteiger partial charge < -0.3 is 20.1 Å². The highest BCUT2D eigenvalue weighted by Crippen LogP contribution is 2.17. The first kappa shape index (κ1) is 17.9. The van der Waals surface area contributed by atoms with E-state index in [1.54, 1.807) is 24.3 Å². The third-order valence-corrected chi connectivity index (χ3v) is 3.17. The lowest BCUT2D eigenvalue weighted by atomic mass is 10.3. The van der Waals surface area contributed by atoms with Crippen molar-refractivity contribution in [2.45, 2.75) is 20.0 Å². The maximum atomic E-state index is 11.8. The molecule has 0 heterocycles. The van der Waals surface area contributed by atoms with Crippen LogP contribution in [0.3, 0.4) is 0 Å². The van der Waals surface area contributed by atoms with Crippen molar-refractivity contribution in [1.82, 2.24) is 5.32 Å². The predicted octanol–water partition coefficient (Wildman–Crippen LogP) is 4.33. The summed E-state index contributed by atoms with van der Waals surface area (Å²) in [5, 5.41) is 6.09. The van der Waals surface area contributed by atoms with Crippen LogP contribution in [0.25, 0.3) is 0 Å². The van der Waals surface area contributed by atoms with Crippen LogP contribution < -0.4 is 20.1 Å². The van der Waals surface area contributed by atoms with Gasteiger partial charge in [-0.25, -0.2) is 4.79 Å². The Morgan fingerprint density at radius 1 is 1.12 bits per heavy atom. The van der Waals surface area contributed by atoms with E-state index in [1.807, 2.05) is 38.1 Å². The van der Waals surface area contributed by atoms with Crippen LogP contribution in [0, 0.1) is 0 Å². The van der Waals surface area contributed by atoms with Gasteiger partial charge in [-0.2, -0.15) is 0 Å². The minimum atomic E-state index is -0.290. The zero-order valence-electron chi connectivity index (χ0n) is 13.7. The monoisotopic (exact) mass is 348 g/mol. The number of halogens is 1. The molecule has 0 saturated heterocycles. The molecule has 2 aromatic rings. The zero-order valence-corrected chi connectivity index (χ0v) is 14.5. The zero-order chi connectivity index (χ0) is 17.4. The molecule has 0 aliphatic heterocycles. The molecule has 0 aromatic heterocycles. The molecule has 24 heavy (non-hydrogen) atoms. The average molecular weight is 349 g/mol.